The van der Waals surface area contributed by atoms with Crippen LogP contribution in [0.3, 0.4) is 0 Å². The van der Waals surface area contributed by atoms with E-state index in [0.717, 1.165) is 16.9 Å². The molecular weight excluding hydrogens is 685 g/mol. The molecule has 1 saturated heterocycles. The van der Waals surface area contributed by atoms with E-state index < -0.39 is 46.4 Å². The maximum absolute atomic E-state index is 13.8. The molecule has 5 rings (SSSR count). The zero-order valence-corrected chi connectivity index (χ0v) is 30.1. The third-order valence-corrected chi connectivity index (χ3v) is 9.46. The number of rotatable bonds is 12. The Hall–Kier alpha value is -4.96. The number of aromatic nitrogens is 2. The molecule has 0 spiro atoms. The molecule has 2 aliphatic heterocycles. The van der Waals surface area contributed by atoms with Crippen LogP contribution in [0.4, 0.5) is 5.13 Å². The lowest BCUT2D eigenvalue weighted by molar-refractivity contribution is -0.689. The Kier molecular flexibility index (Phi) is 10.8. The summed E-state index contributed by atoms with van der Waals surface area (Å²) in [5.74, 6) is -1.58. The molecule has 3 aromatic rings. The fourth-order valence-electron chi connectivity index (χ4n) is 4.90. The van der Waals surface area contributed by atoms with E-state index in [-0.39, 0.29) is 28.8 Å². The highest BCUT2D eigenvalue weighted by atomic mass is 32.2. The van der Waals surface area contributed by atoms with Gasteiger partial charge < -0.3 is 30.1 Å². The number of hydrogen-bond donors (Lipinski definition) is 2. The summed E-state index contributed by atoms with van der Waals surface area (Å²) in [5.41, 5.74) is 4.86. The van der Waals surface area contributed by atoms with Crippen molar-refractivity contribution in [2.75, 3.05) is 18.6 Å². The van der Waals surface area contributed by atoms with Crippen LogP contribution in [0.25, 0.3) is 0 Å². The third kappa shape index (κ3) is 8.42. The SMILES string of the molecule is COc1ccc(COC(=O)C2=C(C[n+]3ccccc3)CS[C@@H]3[C@H](NC(=O)/C(=N\OC(C)(C)C(=O)OC(C)(C)C)c4csc(N)n4)C(=O)N23)cc1. The summed E-state index contributed by atoms with van der Waals surface area (Å²) in [6, 6.07) is 11.7. The Morgan fingerprint density at radius 1 is 1.10 bits per heavy atom. The van der Waals surface area contributed by atoms with Crippen LogP contribution in [0.5, 0.6) is 5.75 Å². The second kappa shape index (κ2) is 14.9. The molecule has 14 nitrogen and oxygen atoms in total. The van der Waals surface area contributed by atoms with Gasteiger partial charge in [-0.2, -0.15) is 0 Å². The number of anilines is 1. The van der Waals surface area contributed by atoms with Crippen molar-refractivity contribution in [3.63, 3.8) is 0 Å². The number of carbonyl (C=O) groups is 4. The monoisotopic (exact) mass is 723 g/mol. The first-order valence-corrected chi connectivity index (χ1v) is 17.5. The molecule has 0 bridgehead atoms. The van der Waals surface area contributed by atoms with E-state index >= 15 is 0 Å². The average molecular weight is 724 g/mol. The summed E-state index contributed by atoms with van der Waals surface area (Å²) in [6.07, 6.45) is 3.73. The number of oxime groups is 1. The van der Waals surface area contributed by atoms with Gasteiger partial charge in [0, 0.05) is 28.8 Å². The summed E-state index contributed by atoms with van der Waals surface area (Å²) in [5, 5.41) is 7.80. The molecule has 2 aromatic heterocycles. The minimum absolute atomic E-state index is 0.0195. The van der Waals surface area contributed by atoms with E-state index in [1.54, 1.807) is 52.1 Å². The number of esters is 2. The van der Waals surface area contributed by atoms with Gasteiger partial charge in [0.1, 0.15) is 40.8 Å². The lowest BCUT2D eigenvalue weighted by atomic mass is 10.0. The van der Waals surface area contributed by atoms with Crippen molar-refractivity contribution >= 4 is 57.7 Å². The summed E-state index contributed by atoms with van der Waals surface area (Å²) >= 11 is 2.48. The van der Waals surface area contributed by atoms with Gasteiger partial charge in [-0.05, 0) is 52.3 Å². The summed E-state index contributed by atoms with van der Waals surface area (Å²) in [7, 11) is 1.56. The van der Waals surface area contributed by atoms with Gasteiger partial charge >= 0.3 is 11.9 Å². The number of nitrogen functional groups attached to an aromatic ring is 1. The predicted octanol–water partition coefficient (Wildman–Crippen LogP) is 2.96. The zero-order chi connectivity index (χ0) is 36.2. The smallest absolute Gasteiger partial charge is 0.355 e. The van der Waals surface area contributed by atoms with Crippen LogP contribution < -0.4 is 20.4 Å². The number of thiazole rings is 1. The Morgan fingerprint density at radius 3 is 2.42 bits per heavy atom. The molecule has 2 aliphatic rings. The third-order valence-electron chi connectivity index (χ3n) is 7.44. The van der Waals surface area contributed by atoms with E-state index in [9.17, 15) is 19.2 Å². The summed E-state index contributed by atoms with van der Waals surface area (Å²) in [4.78, 5) is 65.0. The van der Waals surface area contributed by atoms with Crippen molar-refractivity contribution in [1.82, 2.24) is 15.2 Å². The minimum Gasteiger partial charge on any atom is -0.497 e. The number of pyridine rings is 1. The Bertz CT molecular complexity index is 1820. The number of benzene rings is 1. The first-order valence-electron chi connectivity index (χ1n) is 15.6. The van der Waals surface area contributed by atoms with Gasteiger partial charge in [-0.3, -0.25) is 14.5 Å². The Balaban J connectivity index is 1.36. The van der Waals surface area contributed by atoms with E-state index in [2.05, 4.69) is 15.5 Å². The molecule has 2 atom stereocenters. The van der Waals surface area contributed by atoms with Gasteiger partial charge in [-0.15, -0.1) is 23.1 Å². The van der Waals surface area contributed by atoms with Gasteiger partial charge in [-0.1, -0.05) is 23.4 Å². The number of carbonyl (C=O) groups excluding carboxylic acids is 4. The van der Waals surface area contributed by atoms with E-state index in [1.807, 2.05) is 35.2 Å². The van der Waals surface area contributed by atoms with Crippen LogP contribution in [0, 0.1) is 0 Å². The average Bonchev–Trinajstić information content (AvgIpc) is 3.51. The van der Waals surface area contributed by atoms with Gasteiger partial charge in [0.15, 0.2) is 29.8 Å². The molecule has 4 heterocycles. The van der Waals surface area contributed by atoms with E-state index in [4.69, 9.17) is 24.8 Å². The molecule has 1 fully saturated rings. The highest BCUT2D eigenvalue weighted by Gasteiger charge is 2.55. The van der Waals surface area contributed by atoms with Gasteiger partial charge in [0.05, 0.1) is 7.11 Å². The molecule has 3 N–H and O–H groups in total. The molecule has 2 amide bonds. The minimum atomic E-state index is -1.57. The number of nitrogens with zero attached hydrogens (tertiary/aromatic N) is 4. The highest BCUT2D eigenvalue weighted by molar-refractivity contribution is 8.00. The normalized spacial score (nSPS) is 17.8. The predicted molar refractivity (Wildman–Crippen MR) is 186 cm³/mol. The topological polar surface area (TPSA) is 176 Å². The lowest BCUT2D eigenvalue weighted by Crippen LogP contribution is -2.71. The number of fused-ring (bicyclic) bond motifs is 1. The second-order valence-corrected chi connectivity index (χ2v) is 14.9. The summed E-state index contributed by atoms with van der Waals surface area (Å²) < 4.78 is 18.2. The van der Waals surface area contributed by atoms with Gasteiger partial charge in [-0.25, -0.2) is 19.1 Å². The van der Waals surface area contributed by atoms with Crippen LogP contribution in [0.2, 0.25) is 0 Å². The summed E-state index contributed by atoms with van der Waals surface area (Å²) in [6.45, 7) is 8.38. The number of nitrogens with two attached hydrogens (primary N) is 1. The van der Waals surface area contributed by atoms with Crippen molar-refractivity contribution < 1.29 is 42.8 Å². The number of thioether (sulfide) groups is 1. The zero-order valence-electron chi connectivity index (χ0n) is 28.5. The lowest BCUT2D eigenvalue weighted by Gasteiger charge is -2.49. The van der Waals surface area contributed by atoms with Crippen molar-refractivity contribution in [1.29, 1.82) is 0 Å². The first-order chi connectivity index (χ1) is 23.7. The molecular formula is C34H39N6O8S2+. The Labute approximate surface area is 297 Å². The fraction of sp³-hybridized carbons (Fsp3) is 0.382. The van der Waals surface area contributed by atoms with Crippen molar-refractivity contribution in [2.45, 2.75) is 70.4 Å². The van der Waals surface area contributed by atoms with Crippen LogP contribution in [-0.4, -0.2) is 74.8 Å². The van der Waals surface area contributed by atoms with Crippen LogP contribution in [-0.2, 0) is 46.6 Å². The highest BCUT2D eigenvalue weighted by Crippen LogP contribution is 2.41. The van der Waals surface area contributed by atoms with E-state index in [0.29, 0.717) is 23.6 Å². The molecule has 50 heavy (non-hydrogen) atoms. The standard InChI is InChI=1S/C34H38N6O8S2/c1-33(2,3)47-31(44)34(4,5)48-38-24(23-19-50-32(35)36-23)27(41)37-25-28(42)40-26(30(43)46-17-20-10-12-22(45-6)13-11-20)21(18-49-29(25)40)16-39-14-8-7-9-15-39/h7-15,19,25,29H,16-18H2,1-6H3,(H2-,35,36,37,41)/p+1/b38-24-/t25-,29-/m1/s1. The number of ether oxygens (including phenoxy) is 3. The quantitative estimate of drug-likeness (QED) is 0.0924. The van der Waals surface area contributed by atoms with Crippen molar-refractivity contribution in [3.05, 3.63) is 82.8 Å². The van der Waals surface area contributed by atoms with E-state index in [1.165, 1.54) is 35.9 Å². The number of amides is 2. The number of β-lactam (4-membered cyclic amide) rings is 1. The molecule has 0 radical (unpaired) electrons. The number of methoxy groups -OCH3 is 1. The first kappa shape index (κ1) is 36.3. The molecule has 264 valence electrons. The molecule has 1 aromatic carbocycles. The van der Waals surface area contributed by atoms with Crippen molar-refractivity contribution in [2.24, 2.45) is 5.16 Å². The largest absolute Gasteiger partial charge is 0.497 e. The molecule has 0 saturated carbocycles. The van der Waals surface area contributed by atoms with Crippen LogP contribution in [0.1, 0.15) is 45.9 Å². The number of nitrogens with one attached hydrogen (secondary N) is 1. The van der Waals surface area contributed by atoms with Gasteiger partial charge in [0.25, 0.3) is 11.8 Å². The maximum atomic E-state index is 13.8. The molecule has 16 heteroatoms. The number of hydrogen-bond acceptors (Lipinski definition) is 13. The van der Waals surface area contributed by atoms with Crippen LogP contribution in [0.15, 0.2) is 76.7 Å². The maximum Gasteiger partial charge on any atom is 0.355 e. The molecule has 0 unspecified atom stereocenters. The Morgan fingerprint density at radius 2 is 1.80 bits per heavy atom. The van der Waals surface area contributed by atoms with Crippen LogP contribution >= 0.6 is 23.1 Å². The van der Waals surface area contributed by atoms with Crippen molar-refractivity contribution in [3.8, 4) is 5.75 Å². The van der Waals surface area contributed by atoms with Gasteiger partial charge in [0.2, 0.25) is 5.60 Å². The molecule has 0 aliphatic carbocycles. The second-order valence-electron chi connectivity index (χ2n) is 12.9. The fourth-order valence-corrected chi connectivity index (χ4v) is 6.78.